The van der Waals surface area contributed by atoms with E-state index in [1.54, 1.807) is 0 Å². The van der Waals surface area contributed by atoms with Crippen molar-refractivity contribution < 1.29 is 4.74 Å². The van der Waals surface area contributed by atoms with Gasteiger partial charge in [0.05, 0.1) is 11.1 Å². The van der Waals surface area contributed by atoms with Gasteiger partial charge in [-0.25, -0.2) is 0 Å². The van der Waals surface area contributed by atoms with Gasteiger partial charge in [-0.3, -0.25) is 0 Å². The Labute approximate surface area is 580 Å². The molecule has 0 amide bonds. The number of anilines is 9. The second kappa shape index (κ2) is 21.2. The summed E-state index contributed by atoms with van der Waals surface area (Å²) < 4.78 is 8.10. The quantitative estimate of drug-likeness (QED) is 0.154. The Morgan fingerprint density at radius 2 is 0.707 bits per heavy atom. The fourth-order valence-corrected chi connectivity index (χ4v) is 18.1. The van der Waals surface area contributed by atoms with Gasteiger partial charge >= 0.3 is 0 Å². The lowest BCUT2D eigenvalue weighted by atomic mass is 9.30. The highest BCUT2D eigenvalue weighted by Crippen LogP contribution is 2.65. The number of para-hydroxylation sites is 4. The summed E-state index contributed by atoms with van der Waals surface area (Å²) in [6.45, 7) is 13.8. The van der Waals surface area contributed by atoms with Gasteiger partial charge in [0, 0.05) is 62.7 Å². The van der Waals surface area contributed by atoms with E-state index in [2.05, 4.69) is 366 Å². The third-order valence-corrected chi connectivity index (χ3v) is 22.4. The van der Waals surface area contributed by atoms with Crippen molar-refractivity contribution >= 4 is 97.4 Å². The fraction of sp³-hybridized carbons (Fsp3) is 0.0968. The zero-order valence-electron chi connectivity index (χ0n) is 56.3. The van der Waals surface area contributed by atoms with Crippen molar-refractivity contribution in [2.45, 2.75) is 57.8 Å². The van der Waals surface area contributed by atoms with Crippen LogP contribution in [0.2, 0.25) is 0 Å². The van der Waals surface area contributed by atoms with E-state index in [1.807, 2.05) is 0 Å². The van der Waals surface area contributed by atoms with Crippen LogP contribution >= 0.6 is 0 Å². The van der Waals surface area contributed by atoms with Gasteiger partial charge in [0.1, 0.15) is 11.5 Å². The predicted molar refractivity (Wildman–Crippen MR) is 416 cm³/mol. The number of rotatable bonds is 6. The van der Waals surface area contributed by atoms with Gasteiger partial charge in [-0.15, -0.1) is 0 Å². The molecule has 0 aromatic heterocycles. The van der Waals surface area contributed by atoms with Crippen molar-refractivity contribution in [1.82, 2.24) is 0 Å². The molecular weight excluding hydrogens is 1200 g/mol. The average Bonchev–Trinajstić information content (AvgIpc) is 1.62. The summed E-state index contributed by atoms with van der Waals surface area (Å²) in [5.41, 5.74) is 36.4. The van der Waals surface area contributed by atoms with Gasteiger partial charge in [0.25, 0.3) is 13.4 Å². The molecule has 20 rings (SSSR count). The molecule has 2 aliphatic carbocycles. The van der Waals surface area contributed by atoms with E-state index in [-0.39, 0.29) is 24.3 Å². The van der Waals surface area contributed by atoms with E-state index >= 15 is 0 Å². The molecule has 1 spiro atoms. The summed E-state index contributed by atoms with van der Waals surface area (Å²) in [6, 6.07) is 117. The van der Waals surface area contributed by atoms with E-state index in [0.29, 0.717) is 0 Å². The third-order valence-electron chi connectivity index (χ3n) is 22.4. The van der Waals surface area contributed by atoms with Crippen molar-refractivity contribution in [3.05, 3.63) is 343 Å². The van der Waals surface area contributed by atoms with E-state index in [9.17, 15) is 0 Å². The number of fused-ring (bicyclic) bond motifs is 18. The molecule has 0 radical (unpaired) electrons. The molecule has 4 aliphatic heterocycles. The predicted octanol–water partition coefficient (Wildman–Crippen LogP) is 20.1. The first kappa shape index (κ1) is 57.6. The Kier molecular flexibility index (Phi) is 12.3. The minimum Gasteiger partial charge on any atom is -0.458 e. The number of hydrogen-bond acceptors (Lipinski definition) is 4. The Morgan fingerprint density at radius 3 is 1.24 bits per heavy atom. The van der Waals surface area contributed by atoms with Crippen LogP contribution in [0.3, 0.4) is 0 Å². The molecule has 0 N–H and O–H groups in total. The van der Waals surface area contributed by atoms with Gasteiger partial charge in [-0.2, -0.15) is 0 Å². The Hall–Kier alpha value is -11.6. The first-order valence-electron chi connectivity index (χ1n) is 35.0. The third kappa shape index (κ3) is 8.24. The molecule has 0 fully saturated rings. The average molecular weight is 1270 g/mol. The van der Waals surface area contributed by atoms with Crippen molar-refractivity contribution in [3.63, 3.8) is 0 Å². The smallest absolute Gasteiger partial charge is 0.256 e. The van der Waals surface area contributed by atoms with Crippen LogP contribution in [0.4, 0.5) is 51.2 Å². The highest BCUT2D eigenvalue weighted by molar-refractivity contribution is 7.02. The maximum Gasteiger partial charge on any atom is 0.256 e. The number of benzene rings is 14. The van der Waals surface area contributed by atoms with Crippen LogP contribution < -0.4 is 52.2 Å². The molecular formula is C93H69B2N3O. The summed E-state index contributed by atoms with van der Waals surface area (Å²) in [6.07, 6.45) is 0. The van der Waals surface area contributed by atoms with Crippen LogP contribution in [0.25, 0.3) is 55.6 Å². The largest absolute Gasteiger partial charge is 0.458 e. The first-order valence-corrected chi connectivity index (χ1v) is 35.0. The SMILES string of the molecule is CC(C)(C)c1cc(-c2ccccc2)c(N2c3cc4c(cc3B3c5ccccc5N(c5ccccc5)c5cc(C(C)(C)C)cc2c53)B2c3ccccc3N(c3ccccc3)c3cc(-c5cccc6c5C5(c7ccccc7-c7ccccc75)c5ccccc5-6)cc(c32)O4)c(-c2ccccc2)c1. The summed E-state index contributed by atoms with van der Waals surface area (Å²) in [4.78, 5) is 7.74. The molecule has 14 aromatic rings. The van der Waals surface area contributed by atoms with Crippen molar-refractivity contribution in [2.24, 2.45) is 0 Å². The van der Waals surface area contributed by atoms with Crippen molar-refractivity contribution in [2.75, 3.05) is 14.7 Å². The Bertz CT molecular complexity index is 5590. The van der Waals surface area contributed by atoms with Crippen LogP contribution in [0.1, 0.15) is 74.9 Å². The van der Waals surface area contributed by atoms with Crippen LogP contribution in [0.15, 0.2) is 309 Å². The van der Waals surface area contributed by atoms with Crippen LogP contribution in [-0.4, -0.2) is 13.4 Å². The molecule has 4 heterocycles. The van der Waals surface area contributed by atoms with E-state index < -0.39 is 5.41 Å². The zero-order chi connectivity index (χ0) is 66.2. The normalized spacial score (nSPS) is 14.2. The molecule has 0 bridgehead atoms. The minimum absolute atomic E-state index is 0.170. The second-order valence-electron chi connectivity index (χ2n) is 29.8. The van der Waals surface area contributed by atoms with Crippen molar-refractivity contribution in [3.8, 4) is 67.1 Å². The first-order chi connectivity index (χ1) is 48.4. The lowest BCUT2D eigenvalue weighted by molar-refractivity contribution is 0.488. The minimum atomic E-state index is -0.575. The number of ether oxygens (including phenoxy) is 1. The van der Waals surface area contributed by atoms with Gasteiger partial charge in [-0.05, 0) is 194 Å². The maximum atomic E-state index is 8.10. The van der Waals surface area contributed by atoms with Gasteiger partial charge in [0.2, 0.25) is 0 Å². The highest BCUT2D eigenvalue weighted by Gasteiger charge is 2.54. The lowest BCUT2D eigenvalue weighted by Crippen LogP contribution is -2.64. The number of hydrogen-bond donors (Lipinski definition) is 0. The summed E-state index contributed by atoms with van der Waals surface area (Å²) >= 11 is 0. The molecule has 0 saturated heterocycles. The molecule has 6 heteroatoms. The monoisotopic (exact) mass is 1270 g/mol. The number of nitrogens with zero attached hydrogens (tertiary/aromatic N) is 3. The van der Waals surface area contributed by atoms with E-state index in [4.69, 9.17) is 4.74 Å². The molecule has 0 unspecified atom stereocenters. The summed E-state index contributed by atoms with van der Waals surface area (Å²) in [5, 5.41) is 0. The topological polar surface area (TPSA) is 19.0 Å². The van der Waals surface area contributed by atoms with Gasteiger partial charge in [0.15, 0.2) is 0 Å². The van der Waals surface area contributed by atoms with Gasteiger partial charge < -0.3 is 19.4 Å². The zero-order valence-corrected chi connectivity index (χ0v) is 56.3. The molecule has 14 aromatic carbocycles. The standard InChI is InChI=1S/C93H69B2N3O/c1-91(2,3)61-52-70(58-30-11-7-12-31-58)90(71(53-61)59-32-13-8-14-33-59)98-81-57-85-78(56-77(81)94-75-46-25-27-48-79(75)97(64-36-17-10-18-37-64)83-54-62(92(4,5)6)55-84(98)88(83)94)95-76-47-26-28-49-80(76)96(63-34-15-9-16-35-63)82-50-60(51-86(99-85)89(82)95)65-41-29-42-69-68-40-21-24-45-74(68)93(87(65)69)72-43-22-19-38-66(72)67-39-20-23-44-73(67)93/h7-57H,1-6H3. The van der Waals surface area contributed by atoms with Crippen LogP contribution in [0.5, 0.6) is 11.5 Å². The lowest BCUT2D eigenvalue weighted by Gasteiger charge is -2.46. The van der Waals surface area contributed by atoms with Gasteiger partial charge in [-0.1, -0.05) is 272 Å². The summed E-state index contributed by atoms with van der Waals surface area (Å²) in [7, 11) is 0. The second-order valence-corrected chi connectivity index (χ2v) is 29.8. The van der Waals surface area contributed by atoms with Crippen LogP contribution in [0, 0.1) is 0 Å². The highest BCUT2D eigenvalue weighted by atomic mass is 16.5. The molecule has 468 valence electrons. The fourth-order valence-electron chi connectivity index (χ4n) is 18.1. The molecule has 99 heavy (non-hydrogen) atoms. The molecule has 4 nitrogen and oxygen atoms in total. The molecule has 6 aliphatic rings. The summed E-state index contributed by atoms with van der Waals surface area (Å²) in [5.74, 6) is 1.71. The van der Waals surface area contributed by atoms with E-state index in [1.165, 1.54) is 106 Å². The molecule has 0 saturated carbocycles. The Balaban J connectivity index is 0.902. The Morgan fingerprint density at radius 1 is 0.283 bits per heavy atom. The molecule has 0 atom stereocenters. The van der Waals surface area contributed by atoms with E-state index in [0.717, 1.165) is 78.9 Å². The van der Waals surface area contributed by atoms with Crippen LogP contribution in [-0.2, 0) is 16.2 Å². The van der Waals surface area contributed by atoms with Crippen molar-refractivity contribution in [1.29, 1.82) is 0 Å². The maximum absolute atomic E-state index is 8.10.